The Hall–Kier alpha value is -3.87. The van der Waals surface area contributed by atoms with Gasteiger partial charge in [-0.1, -0.05) is 24.3 Å². The van der Waals surface area contributed by atoms with Gasteiger partial charge in [0.15, 0.2) is 0 Å². The minimum Gasteiger partial charge on any atom is -0.365 e. The molecule has 4 rings (SSSR count). The van der Waals surface area contributed by atoms with Crippen LogP contribution in [0.3, 0.4) is 0 Å². The summed E-state index contributed by atoms with van der Waals surface area (Å²) in [6, 6.07) is 10.4. The molecule has 0 bridgehead atoms. The van der Waals surface area contributed by atoms with Crippen LogP contribution in [0, 0.1) is 0 Å². The van der Waals surface area contributed by atoms with Crippen molar-refractivity contribution in [3.8, 4) is 0 Å². The minimum atomic E-state index is -4.82. The van der Waals surface area contributed by atoms with Gasteiger partial charge in [0.05, 0.1) is 18.4 Å². The topological polar surface area (TPSA) is 116 Å². The lowest BCUT2D eigenvalue weighted by atomic mass is 10.1. The Kier molecular flexibility index (Phi) is 5.30. The van der Waals surface area contributed by atoms with Crippen LogP contribution < -0.4 is 20.3 Å². The Morgan fingerprint density at radius 3 is 2.71 bits per heavy atom. The van der Waals surface area contributed by atoms with E-state index in [1.165, 1.54) is 24.3 Å². The second kappa shape index (κ2) is 9.06. The number of carbonyl (C=O) groups excluding carboxylic acids is 1. The van der Waals surface area contributed by atoms with Crippen LogP contribution in [0.5, 0.6) is 0 Å². The lowest BCUT2D eigenvalue weighted by Crippen LogP contribution is -2.26. The number of sulfonamides is 1. The number of rotatable bonds is 7. The number of nitrogens with zero attached hydrogens (tertiary/aromatic N) is 3. The predicted molar refractivity (Wildman–Crippen MR) is 126 cm³/mol. The number of carbonyl (C=O) groups is 1. The van der Waals surface area contributed by atoms with Gasteiger partial charge in [-0.05, 0) is 29.3 Å². The second-order valence-corrected chi connectivity index (χ2v) is 9.52. The van der Waals surface area contributed by atoms with Crippen LogP contribution in [-0.2, 0) is 34.0 Å². The first-order chi connectivity index (χ1) is 17.6. The Morgan fingerprint density at radius 2 is 2.00 bits per heavy atom. The molecule has 184 valence electrons. The fourth-order valence-corrected chi connectivity index (χ4v) is 3.96. The van der Waals surface area contributed by atoms with Gasteiger partial charge >= 0.3 is 6.18 Å². The average molecular weight is 510 g/mol. The number of fused-ring (bicyclic) bond motifs is 1. The fraction of sp³-hybridized carbons (Fsp3) is 0.227. The molecule has 1 aromatic heterocycles. The van der Waals surface area contributed by atoms with Gasteiger partial charge in [0, 0.05) is 35.2 Å². The van der Waals surface area contributed by atoms with Crippen molar-refractivity contribution in [1.82, 2.24) is 9.97 Å². The zero-order chi connectivity index (χ0) is 27.9. The summed E-state index contributed by atoms with van der Waals surface area (Å²) in [5.74, 6) is -0.972. The maximum Gasteiger partial charge on any atom is 0.421 e. The molecule has 13 heteroatoms. The van der Waals surface area contributed by atoms with Crippen LogP contribution in [0.25, 0.3) is 0 Å². The van der Waals surface area contributed by atoms with Gasteiger partial charge in [-0.25, -0.2) is 13.4 Å². The van der Waals surface area contributed by atoms with E-state index in [-0.39, 0.29) is 40.4 Å². The summed E-state index contributed by atoms with van der Waals surface area (Å²) in [6.07, 6.45) is -3.29. The molecule has 0 radical (unpaired) electrons. The first-order valence-corrected chi connectivity index (χ1v) is 11.9. The molecule has 0 saturated heterocycles. The molecule has 0 spiro atoms. The monoisotopic (exact) mass is 509 g/mol. The number of alkyl halides is 3. The maximum absolute atomic E-state index is 13.7. The Labute approximate surface area is 203 Å². The van der Waals surface area contributed by atoms with E-state index in [9.17, 15) is 26.4 Å². The number of nitrogens with one attached hydrogen (secondary N) is 3. The van der Waals surface area contributed by atoms with Crippen molar-refractivity contribution >= 4 is 44.8 Å². The predicted octanol–water partition coefficient (Wildman–Crippen LogP) is 3.74. The van der Waals surface area contributed by atoms with Crippen molar-refractivity contribution in [2.24, 2.45) is 0 Å². The maximum atomic E-state index is 13.7. The van der Waals surface area contributed by atoms with Crippen LogP contribution in [-0.4, -0.2) is 37.5 Å². The Bertz CT molecular complexity index is 1500. The molecule has 2 heterocycles. The molecule has 1 aliphatic rings. The third kappa shape index (κ3) is 5.45. The molecule has 1 aliphatic heterocycles. The van der Waals surface area contributed by atoms with E-state index in [4.69, 9.17) is 4.11 Å². The molecule has 3 aromatic rings. The van der Waals surface area contributed by atoms with Gasteiger partial charge in [-0.15, -0.1) is 0 Å². The minimum absolute atomic E-state index is 0.102. The summed E-state index contributed by atoms with van der Waals surface area (Å²) < 4.78 is 88.7. The highest BCUT2D eigenvalue weighted by atomic mass is 32.2. The van der Waals surface area contributed by atoms with Crippen molar-refractivity contribution in [3.63, 3.8) is 0 Å². The van der Waals surface area contributed by atoms with Crippen LogP contribution in [0.1, 0.15) is 20.8 Å². The quantitative estimate of drug-likeness (QED) is 0.444. The molecule has 9 nitrogen and oxygen atoms in total. The van der Waals surface area contributed by atoms with Crippen molar-refractivity contribution in [2.75, 3.05) is 33.5 Å². The van der Waals surface area contributed by atoms with Crippen LogP contribution in [0.4, 0.5) is 42.0 Å². The molecule has 1 amide bonds. The van der Waals surface area contributed by atoms with E-state index in [2.05, 4.69) is 25.9 Å². The lowest BCUT2D eigenvalue weighted by Gasteiger charge is -2.21. The molecule has 3 N–H and O–H groups in total. The largest absolute Gasteiger partial charge is 0.421 e. The van der Waals surface area contributed by atoms with Gasteiger partial charge in [0.25, 0.3) is 0 Å². The summed E-state index contributed by atoms with van der Waals surface area (Å²) in [4.78, 5) is 19.3. The van der Waals surface area contributed by atoms with Crippen molar-refractivity contribution in [3.05, 3.63) is 65.4 Å². The average Bonchev–Trinajstić information content (AvgIpc) is 3.15. The molecule has 0 aliphatic carbocycles. The third-order valence-electron chi connectivity index (χ3n) is 5.07. The van der Waals surface area contributed by atoms with Crippen molar-refractivity contribution in [1.29, 1.82) is 0 Å². The lowest BCUT2D eigenvalue weighted by molar-refractivity contribution is -0.137. The Morgan fingerprint density at radius 1 is 1.23 bits per heavy atom. The van der Waals surface area contributed by atoms with Gasteiger partial charge in [0.2, 0.25) is 21.9 Å². The summed E-state index contributed by atoms with van der Waals surface area (Å²) >= 11 is 0. The SMILES string of the molecule is [2H]C([2H])([2H])N(c1ccccc1CNc1nc(Nc2ccc3c(c2)NC(=O)C3)ncc1C(F)(F)F)S(C)(=O)=O. The number of anilines is 5. The normalized spacial score (nSPS) is 14.9. The highest BCUT2D eigenvalue weighted by Gasteiger charge is 2.35. The summed E-state index contributed by atoms with van der Waals surface area (Å²) in [6.45, 7) is -3.45. The van der Waals surface area contributed by atoms with E-state index in [1.807, 2.05) is 0 Å². The molecule has 2 aromatic carbocycles. The summed E-state index contributed by atoms with van der Waals surface area (Å²) in [7, 11) is -4.26. The first-order valence-electron chi connectivity index (χ1n) is 11.6. The van der Waals surface area contributed by atoms with Crippen molar-refractivity contribution < 1.29 is 30.5 Å². The molecule has 0 atom stereocenters. The second-order valence-electron chi connectivity index (χ2n) is 7.69. The van der Waals surface area contributed by atoms with Crippen LogP contribution in [0.15, 0.2) is 48.7 Å². The molecule has 35 heavy (non-hydrogen) atoms. The zero-order valence-corrected chi connectivity index (χ0v) is 19.0. The number of halogens is 3. The molecule has 0 fully saturated rings. The standard InChI is InChI=1S/C22H21F3N6O3S/c1-31(35(2,33)34)18-6-4-3-5-14(18)11-26-20-16(22(23,24)25)12-27-21(30-20)28-15-8-7-13-9-19(32)29-17(13)10-15/h3-8,10,12H,9,11H2,1-2H3,(H,29,32)(H2,26,27,28,30)/i1D3. The highest BCUT2D eigenvalue weighted by molar-refractivity contribution is 7.92. The van der Waals surface area contributed by atoms with Crippen molar-refractivity contribution in [2.45, 2.75) is 19.1 Å². The van der Waals surface area contributed by atoms with E-state index in [0.717, 1.165) is 11.8 Å². The number of amides is 1. The van der Waals surface area contributed by atoms with Gasteiger partial charge in [0.1, 0.15) is 11.4 Å². The number of hydrogen-bond acceptors (Lipinski definition) is 7. The Balaban J connectivity index is 1.65. The zero-order valence-electron chi connectivity index (χ0n) is 21.1. The van der Waals surface area contributed by atoms with E-state index >= 15 is 0 Å². The number of benzene rings is 2. The number of hydrogen-bond donors (Lipinski definition) is 3. The molecular weight excluding hydrogens is 485 g/mol. The summed E-state index contributed by atoms with van der Waals surface area (Å²) in [5.41, 5.74) is 0.455. The number of para-hydroxylation sites is 1. The molecular formula is C22H21F3N6O3S. The fourth-order valence-electron chi connectivity index (χ4n) is 3.42. The number of aromatic nitrogens is 2. The van der Waals surface area contributed by atoms with Gasteiger partial charge in [-0.3, -0.25) is 9.10 Å². The third-order valence-corrected chi connectivity index (χ3v) is 5.93. The van der Waals surface area contributed by atoms with Gasteiger partial charge in [-0.2, -0.15) is 18.2 Å². The van der Waals surface area contributed by atoms with E-state index in [0.29, 0.717) is 17.6 Å². The summed E-state index contributed by atoms with van der Waals surface area (Å²) in [5, 5.41) is 8.00. The molecule has 0 unspecified atom stereocenters. The van der Waals surface area contributed by atoms with Gasteiger partial charge < -0.3 is 16.0 Å². The smallest absolute Gasteiger partial charge is 0.365 e. The van der Waals surface area contributed by atoms with Crippen LogP contribution in [0.2, 0.25) is 0 Å². The van der Waals surface area contributed by atoms with E-state index in [1.54, 1.807) is 18.2 Å². The van der Waals surface area contributed by atoms with E-state index < -0.39 is 34.6 Å². The highest BCUT2D eigenvalue weighted by Crippen LogP contribution is 2.35. The first kappa shape index (κ1) is 20.5. The van der Waals surface area contributed by atoms with Crippen LogP contribution >= 0.6 is 0 Å². The molecule has 0 saturated carbocycles.